The van der Waals surface area contributed by atoms with E-state index in [2.05, 4.69) is 29.2 Å². The number of ether oxygens (including phenoxy) is 2. The highest BCUT2D eigenvalue weighted by atomic mass is 16.5. The summed E-state index contributed by atoms with van der Waals surface area (Å²) in [4.78, 5) is 13.9. The number of benzene rings is 2. The molecule has 0 bridgehead atoms. The number of para-hydroxylation sites is 1. The van der Waals surface area contributed by atoms with Crippen molar-refractivity contribution >= 4 is 11.5 Å². The highest BCUT2D eigenvalue weighted by Gasteiger charge is 2.51. The number of rotatable bonds is 4. The first kappa shape index (κ1) is 19.2. The lowest BCUT2D eigenvalue weighted by Crippen LogP contribution is -2.38. The number of likely N-dealkylation sites (tertiary alicyclic amines) is 1. The summed E-state index contributed by atoms with van der Waals surface area (Å²) in [5.74, 6) is 1.12. The third-order valence-electron chi connectivity index (χ3n) is 6.77. The van der Waals surface area contributed by atoms with E-state index in [4.69, 9.17) is 9.47 Å². The van der Waals surface area contributed by atoms with E-state index >= 15 is 0 Å². The molecule has 5 nitrogen and oxygen atoms in total. The highest BCUT2D eigenvalue weighted by Crippen LogP contribution is 2.47. The molecule has 1 N–H and O–H groups in total. The van der Waals surface area contributed by atoms with Crippen LogP contribution in [0.2, 0.25) is 0 Å². The Kier molecular flexibility index (Phi) is 4.78. The van der Waals surface area contributed by atoms with Crippen molar-refractivity contribution in [3.8, 4) is 11.5 Å². The van der Waals surface area contributed by atoms with Gasteiger partial charge >= 0.3 is 5.97 Å². The van der Waals surface area contributed by atoms with Crippen LogP contribution in [-0.2, 0) is 11.4 Å². The fraction of sp³-hybridized carbons (Fsp3) is 0.400. The van der Waals surface area contributed by atoms with Crippen LogP contribution in [0, 0.1) is 5.41 Å². The number of fused-ring (bicyclic) bond motifs is 2. The first-order chi connectivity index (χ1) is 14.6. The Balaban J connectivity index is 1.49. The van der Waals surface area contributed by atoms with Gasteiger partial charge in [0, 0.05) is 30.8 Å². The molecule has 0 spiro atoms. The molecule has 0 unspecified atom stereocenters. The van der Waals surface area contributed by atoms with Gasteiger partial charge in [0.25, 0.3) is 0 Å². The van der Waals surface area contributed by atoms with E-state index in [1.165, 1.54) is 16.7 Å². The van der Waals surface area contributed by atoms with Crippen LogP contribution in [0.3, 0.4) is 0 Å². The lowest BCUT2D eigenvalue weighted by atomic mass is 9.86. The van der Waals surface area contributed by atoms with E-state index < -0.39 is 11.4 Å². The molecular weight excluding hydrogens is 378 g/mol. The molecule has 1 aliphatic carbocycles. The van der Waals surface area contributed by atoms with Crippen molar-refractivity contribution in [1.82, 2.24) is 4.90 Å². The van der Waals surface area contributed by atoms with Crippen LogP contribution in [0.15, 0.2) is 48.0 Å². The highest BCUT2D eigenvalue weighted by molar-refractivity contribution is 5.87. The lowest BCUT2D eigenvalue weighted by molar-refractivity contribution is -0.144. The number of carboxylic acids is 1. The summed E-state index contributed by atoms with van der Waals surface area (Å²) in [5.41, 5.74) is 5.72. The summed E-state index contributed by atoms with van der Waals surface area (Å²) in [6.07, 6.45) is 3.52. The van der Waals surface area contributed by atoms with Crippen LogP contribution in [0.5, 0.6) is 11.5 Å². The van der Waals surface area contributed by atoms with Crippen LogP contribution in [0.4, 0.5) is 0 Å². The van der Waals surface area contributed by atoms with Crippen LogP contribution in [0.25, 0.3) is 5.57 Å². The molecule has 0 radical (unpaired) electrons. The molecule has 2 aliphatic heterocycles. The maximum Gasteiger partial charge on any atom is 0.310 e. The van der Waals surface area contributed by atoms with Gasteiger partial charge in [0.05, 0.1) is 12.5 Å². The van der Waals surface area contributed by atoms with Crippen LogP contribution in [-0.4, -0.2) is 42.7 Å². The van der Waals surface area contributed by atoms with E-state index in [-0.39, 0.29) is 0 Å². The number of hydrogen-bond acceptors (Lipinski definition) is 4. The Bertz CT molecular complexity index is 1010. The molecule has 1 saturated carbocycles. The molecule has 156 valence electrons. The summed E-state index contributed by atoms with van der Waals surface area (Å²) in [6.45, 7) is 3.01. The standard InChI is InChI=1S/C25H27NO4/c1-29-19-6-7-20-18(14-19)15-30-22-5-3-2-4-21(22)23(20)17-8-12-26(13-9-17)16-25(10-11-25)24(27)28/h2-7,14H,8-13,15-16H2,1H3,(H,27,28). The molecular formula is C25H27NO4. The minimum Gasteiger partial charge on any atom is -0.497 e. The van der Waals surface area contributed by atoms with Crippen molar-refractivity contribution in [2.75, 3.05) is 26.7 Å². The molecule has 30 heavy (non-hydrogen) atoms. The molecule has 2 aromatic rings. The van der Waals surface area contributed by atoms with E-state index in [9.17, 15) is 9.90 Å². The SMILES string of the molecule is COc1ccc2c(c1)COc1ccccc1C2=C1CCN(CC2(C(=O)O)CC2)CC1. The Labute approximate surface area is 176 Å². The summed E-state index contributed by atoms with van der Waals surface area (Å²) in [6, 6.07) is 14.5. The number of carboxylic acid groups (broad SMARTS) is 1. The third kappa shape index (κ3) is 3.37. The molecule has 5 heteroatoms. The van der Waals surface area contributed by atoms with Crippen molar-refractivity contribution in [1.29, 1.82) is 0 Å². The molecule has 5 rings (SSSR count). The largest absolute Gasteiger partial charge is 0.497 e. The van der Waals surface area contributed by atoms with Gasteiger partial charge in [-0.2, -0.15) is 0 Å². The zero-order valence-corrected chi connectivity index (χ0v) is 17.3. The summed E-state index contributed by atoms with van der Waals surface area (Å²) >= 11 is 0. The van der Waals surface area contributed by atoms with Gasteiger partial charge in [0.1, 0.15) is 18.1 Å². The molecule has 1 saturated heterocycles. The van der Waals surface area contributed by atoms with Gasteiger partial charge in [-0.25, -0.2) is 0 Å². The predicted octanol–water partition coefficient (Wildman–Crippen LogP) is 4.35. The second-order valence-corrected chi connectivity index (χ2v) is 8.65. The topological polar surface area (TPSA) is 59.0 Å². The van der Waals surface area contributed by atoms with Gasteiger partial charge < -0.3 is 19.5 Å². The predicted molar refractivity (Wildman–Crippen MR) is 115 cm³/mol. The summed E-state index contributed by atoms with van der Waals surface area (Å²) in [5, 5.41) is 9.52. The number of carbonyl (C=O) groups is 1. The lowest BCUT2D eigenvalue weighted by Gasteiger charge is -2.32. The number of aliphatic carboxylic acids is 1. The van der Waals surface area contributed by atoms with Crippen molar-refractivity contribution in [3.05, 3.63) is 64.7 Å². The smallest absolute Gasteiger partial charge is 0.310 e. The van der Waals surface area contributed by atoms with E-state index in [0.29, 0.717) is 13.2 Å². The average Bonchev–Trinajstić information content (AvgIpc) is 3.57. The van der Waals surface area contributed by atoms with Gasteiger partial charge in [-0.05, 0) is 55.0 Å². The molecule has 0 atom stereocenters. The fourth-order valence-electron chi connectivity index (χ4n) is 4.79. The van der Waals surface area contributed by atoms with Crippen molar-refractivity contribution < 1.29 is 19.4 Å². The number of hydrogen-bond donors (Lipinski definition) is 1. The van der Waals surface area contributed by atoms with Gasteiger partial charge in [-0.15, -0.1) is 0 Å². The van der Waals surface area contributed by atoms with Crippen LogP contribution >= 0.6 is 0 Å². The zero-order chi connectivity index (χ0) is 20.7. The van der Waals surface area contributed by atoms with Crippen molar-refractivity contribution in [2.24, 2.45) is 5.41 Å². The van der Waals surface area contributed by atoms with Crippen LogP contribution < -0.4 is 9.47 Å². The molecule has 0 aromatic heterocycles. The molecule has 2 heterocycles. The zero-order valence-electron chi connectivity index (χ0n) is 17.3. The van der Waals surface area contributed by atoms with Gasteiger partial charge in [0.2, 0.25) is 0 Å². The maximum atomic E-state index is 11.6. The van der Waals surface area contributed by atoms with Crippen molar-refractivity contribution in [2.45, 2.75) is 32.3 Å². The van der Waals surface area contributed by atoms with E-state index in [1.54, 1.807) is 7.11 Å². The minimum atomic E-state index is -0.635. The number of methoxy groups -OCH3 is 1. The number of nitrogens with zero attached hydrogens (tertiary/aromatic N) is 1. The first-order valence-corrected chi connectivity index (χ1v) is 10.7. The van der Waals surface area contributed by atoms with Crippen LogP contribution in [0.1, 0.15) is 42.4 Å². The average molecular weight is 405 g/mol. The Hall–Kier alpha value is -2.79. The van der Waals surface area contributed by atoms with E-state index in [0.717, 1.165) is 61.4 Å². The van der Waals surface area contributed by atoms with Gasteiger partial charge in [-0.1, -0.05) is 29.8 Å². The number of piperidine rings is 1. The van der Waals surface area contributed by atoms with Gasteiger partial charge in [-0.3, -0.25) is 4.79 Å². The minimum absolute atomic E-state index is 0.490. The second-order valence-electron chi connectivity index (χ2n) is 8.65. The monoisotopic (exact) mass is 405 g/mol. The fourth-order valence-corrected chi connectivity index (χ4v) is 4.79. The Morgan fingerprint density at radius 3 is 2.60 bits per heavy atom. The third-order valence-corrected chi connectivity index (χ3v) is 6.77. The molecule has 0 amide bonds. The Morgan fingerprint density at radius 2 is 1.90 bits per heavy atom. The summed E-state index contributed by atoms with van der Waals surface area (Å²) < 4.78 is 11.6. The molecule has 2 aromatic carbocycles. The summed E-state index contributed by atoms with van der Waals surface area (Å²) in [7, 11) is 1.69. The van der Waals surface area contributed by atoms with Gasteiger partial charge in [0.15, 0.2) is 0 Å². The maximum absolute atomic E-state index is 11.6. The quantitative estimate of drug-likeness (QED) is 0.820. The normalized spacial score (nSPS) is 19.9. The second kappa shape index (κ2) is 7.47. The first-order valence-electron chi connectivity index (χ1n) is 10.7. The molecule has 2 fully saturated rings. The Morgan fingerprint density at radius 1 is 1.13 bits per heavy atom. The molecule has 3 aliphatic rings. The van der Waals surface area contributed by atoms with E-state index in [1.807, 2.05) is 18.2 Å². The van der Waals surface area contributed by atoms with Crippen molar-refractivity contribution in [3.63, 3.8) is 0 Å².